The van der Waals surface area contributed by atoms with E-state index < -0.39 is 4.92 Å². The SMILES string of the molecule is CCC(C)Nc1ncnc(NCCOC)c1[N+](=O)[O-]. The van der Waals surface area contributed by atoms with Gasteiger partial charge in [-0.25, -0.2) is 9.97 Å². The molecule has 0 aromatic carbocycles. The summed E-state index contributed by atoms with van der Waals surface area (Å²) in [7, 11) is 1.56. The molecule has 0 aliphatic rings. The second-order valence-corrected chi connectivity index (χ2v) is 4.05. The second-order valence-electron chi connectivity index (χ2n) is 4.05. The third-order valence-corrected chi connectivity index (χ3v) is 2.60. The van der Waals surface area contributed by atoms with Crippen LogP contribution >= 0.6 is 0 Å². The number of anilines is 2. The average molecular weight is 269 g/mol. The average Bonchev–Trinajstić information content (AvgIpc) is 2.38. The maximum atomic E-state index is 11.2. The van der Waals surface area contributed by atoms with Crippen LogP contribution in [0, 0.1) is 10.1 Å². The van der Waals surface area contributed by atoms with Gasteiger partial charge in [0.1, 0.15) is 6.33 Å². The Morgan fingerprint density at radius 1 is 1.47 bits per heavy atom. The van der Waals surface area contributed by atoms with Crippen molar-refractivity contribution in [1.82, 2.24) is 9.97 Å². The maximum absolute atomic E-state index is 11.2. The van der Waals surface area contributed by atoms with Crippen molar-refractivity contribution >= 4 is 17.3 Å². The van der Waals surface area contributed by atoms with Crippen molar-refractivity contribution in [2.24, 2.45) is 0 Å². The number of nitro groups is 1. The van der Waals surface area contributed by atoms with E-state index in [-0.39, 0.29) is 23.4 Å². The molecule has 0 fully saturated rings. The van der Waals surface area contributed by atoms with Crippen molar-refractivity contribution in [3.63, 3.8) is 0 Å². The van der Waals surface area contributed by atoms with Crippen LogP contribution < -0.4 is 10.6 Å². The quantitative estimate of drug-likeness (QED) is 0.420. The maximum Gasteiger partial charge on any atom is 0.353 e. The van der Waals surface area contributed by atoms with Crippen molar-refractivity contribution in [1.29, 1.82) is 0 Å². The van der Waals surface area contributed by atoms with Crippen molar-refractivity contribution in [3.8, 4) is 0 Å². The minimum absolute atomic E-state index is 0.0976. The monoisotopic (exact) mass is 269 g/mol. The fraction of sp³-hybridized carbons (Fsp3) is 0.636. The summed E-state index contributed by atoms with van der Waals surface area (Å²) in [6.07, 6.45) is 2.14. The van der Waals surface area contributed by atoms with Crippen LogP contribution in [0.3, 0.4) is 0 Å². The largest absolute Gasteiger partial charge is 0.383 e. The topological polar surface area (TPSA) is 102 Å². The van der Waals surface area contributed by atoms with Gasteiger partial charge in [-0.1, -0.05) is 6.92 Å². The standard InChI is InChI=1S/C11H19N5O3/c1-4-8(2)15-11-9(16(17)18)10(13-7-14-11)12-5-6-19-3/h7-8H,4-6H2,1-3H3,(H2,12,13,14,15). The summed E-state index contributed by atoms with van der Waals surface area (Å²) in [6, 6.07) is 0.0976. The molecule has 0 spiro atoms. The number of hydrogen-bond acceptors (Lipinski definition) is 7. The van der Waals surface area contributed by atoms with E-state index in [0.717, 1.165) is 6.42 Å². The van der Waals surface area contributed by atoms with Gasteiger partial charge in [0.05, 0.1) is 11.5 Å². The number of nitrogens with one attached hydrogen (secondary N) is 2. The van der Waals surface area contributed by atoms with E-state index in [0.29, 0.717) is 13.2 Å². The molecule has 1 rings (SSSR count). The summed E-state index contributed by atoms with van der Waals surface area (Å²) in [4.78, 5) is 18.5. The minimum atomic E-state index is -0.486. The van der Waals surface area contributed by atoms with Crippen LogP contribution in [0.25, 0.3) is 0 Å². The zero-order valence-corrected chi connectivity index (χ0v) is 11.3. The molecule has 0 aliphatic carbocycles. The van der Waals surface area contributed by atoms with E-state index in [2.05, 4.69) is 20.6 Å². The summed E-state index contributed by atoms with van der Waals surface area (Å²) >= 11 is 0. The molecule has 8 nitrogen and oxygen atoms in total. The van der Waals surface area contributed by atoms with E-state index in [4.69, 9.17) is 4.74 Å². The summed E-state index contributed by atoms with van der Waals surface area (Å²) in [5, 5.41) is 17.0. The van der Waals surface area contributed by atoms with Gasteiger partial charge in [-0.3, -0.25) is 10.1 Å². The van der Waals surface area contributed by atoms with Gasteiger partial charge in [0.15, 0.2) is 0 Å². The first-order valence-corrected chi connectivity index (χ1v) is 6.08. The van der Waals surface area contributed by atoms with Crippen LogP contribution in [0.2, 0.25) is 0 Å². The predicted octanol–water partition coefficient (Wildman–Crippen LogP) is 1.65. The molecule has 2 N–H and O–H groups in total. The van der Waals surface area contributed by atoms with E-state index in [1.165, 1.54) is 6.33 Å². The number of aromatic nitrogens is 2. The second kappa shape index (κ2) is 7.47. The Kier molecular flexibility index (Phi) is 5.94. The highest BCUT2D eigenvalue weighted by atomic mass is 16.6. The highest BCUT2D eigenvalue weighted by Crippen LogP contribution is 2.29. The first kappa shape index (κ1) is 15.1. The number of methoxy groups -OCH3 is 1. The van der Waals surface area contributed by atoms with Crippen LogP contribution in [0.15, 0.2) is 6.33 Å². The third kappa shape index (κ3) is 4.32. The molecule has 1 aromatic rings. The molecule has 0 radical (unpaired) electrons. The molecule has 1 heterocycles. The molecule has 1 atom stereocenters. The molecule has 106 valence electrons. The summed E-state index contributed by atoms with van der Waals surface area (Å²) in [5.41, 5.74) is -0.140. The van der Waals surface area contributed by atoms with Crippen LogP contribution in [-0.2, 0) is 4.74 Å². The molecule has 0 bridgehead atoms. The molecule has 1 aromatic heterocycles. The number of hydrogen-bond donors (Lipinski definition) is 2. The fourth-order valence-corrected chi connectivity index (χ4v) is 1.39. The summed E-state index contributed by atoms with van der Waals surface area (Å²) in [6.45, 7) is 4.80. The smallest absolute Gasteiger partial charge is 0.353 e. The van der Waals surface area contributed by atoms with E-state index in [1.807, 2.05) is 13.8 Å². The Morgan fingerprint density at radius 3 is 2.74 bits per heavy atom. The van der Waals surface area contributed by atoms with Crippen LogP contribution in [0.1, 0.15) is 20.3 Å². The van der Waals surface area contributed by atoms with Crippen molar-refractivity contribution in [2.75, 3.05) is 30.9 Å². The van der Waals surface area contributed by atoms with E-state index >= 15 is 0 Å². The lowest BCUT2D eigenvalue weighted by Crippen LogP contribution is -2.17. The number of nitrogens with zero attached hydrogens (tertiary/aromatic N) is 3. The zero-order chi connectivity index (χ0) is 14.3. The highest BCUT2D eigenvalue weighted by molar-refractivity contribution is 5.69. The molecular formula is C11H19N5O3. The Labute approximate surface area is 111 Å². The van der Waals surface area contributed by atoms with Gasteiger partial charge >= 0.3 is 5.69 Å². The molecule has 0 saturated heterocycles. The molecular weight excluding hydrogens is 250 g/mol. The van der Waals surface area contributed by atoms with Gasteiger partial charge in [-0.2, -0.15) is 0 Å². The van der Waals surface area contributed by atoms with Crippen molar-refractivity contribution in [3.05, 3.63) is 16.4 Å². The first-order chi connectivity index (χ1) is 9.10. The Balaban J connectivity index is 2.97. The van der Waals surface area contributed by atoms with Gasteiger partial charge in [0, 0.05) is 19.7 Å². The summed E-state index contributed by atoms with van der Waals surface area (Å²) < 4.78 is 4.88. The van der Waals surface area contributed by atoms with E-state index in [9.17, 15) is 10.1 Å². The number of rotatable bonds is 8. The van der Waals surface area contributed by atoms with E-state index in [1.54, 1.807) is 7.11 Å². The zero-order valence-electron chi connectivity index (χ0n) is 11.3. The van der Waals surface area contributed by atoms with Crippen molar-refractivity contribution < 1.29 is 9.66 Å². The molecule has 0 amide bonds. The van der Waals surface area contributed by atoms with Gasteiger partial charge in [0.2, 0.25) is 11.6 Å². The minimum Gasteiger partial charge on any atom is -0.383 e. The third-order valence-electron chi connectivity index (χ3n) is 2.60. The molecule has 8 heteroatoms. The normalized spacial score (nSPS) is 11.9. The van der Waals surface area contributed by atoms with Crippen LogP contribution in [0.5, 0.6) is 0 Å². The Bertz CT molecular complexity index is 427. The Morgan fingerprint density at radius 2 is 2.16 bits per heavy atom. The lowest BCUT2D eigenvalue weighted by molar-refractivity contribution is -0.383. The lowest BCUT2D eigenvalue weighted by atomic mass is 10.2. The van der Waals surface area contributed by atoms with Crippen LogP contribution in [0.4, 0.5) is 17.3 Å². The van der Waals surface area contributed by atoms with Gasteiger partial charge in [-0.15, -0.1) is 0 Å². The molecule has 0 aliphatic heterocycles. The Hall–Kier alpha value is -1.96. The number of ether oxygens (including phenoxy) is 1. The van der Waals surface area contributed by atoms with Crippen LogP contribution in [-0.4, -0.2) is 41.2 Å². The highest BCUT2D eigenvalue weighted by Gasteiger charge is 2.23. The lowest BCUT2D eigenvalue weighted by Gasteiger charge is -2.13. The van der Waals surface area contributed by atoms with Gasteiger partial charge in [-0.05, 0) is 13.3 Å². The summed E-state index contributed by atoms with van der Waals surface area (Å²) in [5.74, 6) is 0.428. The van der Waals surface area contributed by atoms with Crippen molar-refractivity contribution in [2.45, 2.75) is 26.3 Å². The van der Waals surface area contributed by atoms with Gasteiger partial charge < -0.3 is 15.4 Å². The molecule has 1 unspecified atom stereocenters. The molecule has 0 saturated carbocycles. The van der Waals surface area contributed by atoms with Gasteiger partial charge in [0.25, 0.3) is 0 Å². The predicted molar refractivity (Wildman–Crippen MR) is 72.4 cm³/mol. The molecule has 19 heavy (non-hydrogen) atoms. The first-order valence-electron chi connectivity index (χ1n) is 6.08. The fourth-order valence-electron chi connectivity index (χ4n) is 1.39.